The maximum absolute atomic E-state index is 5.53. The van der Waals surface area contributed by atoms with Gasteiger partial charge in [-0.3, -0.25) is 9.88 Å². The maximum atomic E-state index is 5.53. The van der Waals surface area contributed by atoms with Gasteiger partial charge in [-0.05, 0) is 25.8 Å². The molecule has 0 aliphatic carbocycles. The average molecular weight is 220 g/mol. The van der Waals surface area contributed by atoms with E-state index >= 15 is 0 Å². The van der Waals surface area contributed by atoms with Gasteiger partial charge < -0.3 is 5.73 Å². The summed E-state index contributed by atoms with van der Waals surface area (Å²) in [6, 6.07) is 0.716. The van der Waals surface area contributed by atoms with Crippen LogP contribution >= 0.6 is 0 Å². The van der Waals surface area contributed by atoms with Crippen LogP contribution in [0.2, 0.25) is 0 Å². The SMILES string of the molecule is CCC1CCCCN1Cc1cnc(N)cn1. The van der Waals surface area contributed by atoms with Gasteiger partial charge in [-0.15, -0.1) is 0 Å². The summed E-state index contributed by atoms with van der Waals surface area (Å²) in [5, 5.41) is 0. The lowest BCUT2D eigenvalue weighted by atomic mass is 10.00. The lowest BCUT2D eigenvalue weighted by Crippen LogP contribution is -2.38. The first-order valence-corrected chi connectivity index (χ1v) is 6.10. The second-order valence-corrected chi connectivity index (χ2v) is 4.46. The normalized spacial score (nSPS) is 22.2. The number of nitrogens with two attached hydrogens (primary N) is 1. The van der Waals surface area contributed by atoms with Crippen molar-refractivity contribution in [1.82, 2.24) is 14.9 Å². The molecule has 1 atom stereocenters. The van der Waals surface area contributed by atoms with Crippen LogP contribution in [0.5, 0.6) is 0 Å². The zero-order valence-corrected chi connectivity index (χ0v) is 9.89. The summed E-state index contributed by atoms with van der Waals surface area (Å²) in [5.74, 6) is 0.495. The number of anilines is 1. The lowest BCUT2D eigenvalue weighted by molar-refractivity contribution is 0.134. The highest BCUT2D eigenvalue weighted by atomic mass is 15.2. The van der Waals surface area contributed by atoms with Crippen molar-refractivity contribution < 1.29 is 0 Å². The van der Waals surface area contributed by atoms with Gasteiger partial charge in [-0.2, -0.15) is 0 Å². The molecule has 0 saturated carbocycles. The van der Waals surface area contributed by atoms with Gasteiger partial charge >= 0.3 is 0 Å². The first kappa shape index (κ1) is 11.3. The molecule has 1 aliphatic rings. The fraction of sp³-hybridized carbons (Fsp3) is 0.667. The van der Waals surface area contributed by atoms with Crippen molar-refractivity contribution in [2.75, 3.05) is 12.3 Å². The molecule has 1 aromatic heterocycles. The summed E-state index contributed by atoms with van der Waals surface area (Å²) in [5.41, 5.74) is 6.55. The van der Waals surface area contributed by atoms with Crippen molar-refractivity contribution >= 4 is 5.82 Å². The first-order chi connectivity index (χ1) is 7.79. The van der Waals surface area contributed by atoms with Crippen molar-refractivity contribution in [1.29, 1.82) is 0 Å². The molecule has 0 aromatic carbocycles. The third-order valence-electron chi connectivity index (χ3n) is 3.31. The standard InChI is InChI=1S/C12H20N4/c1-2-11-5-3-4-6-16(11)9-10-7-15-12(13)8-14-10/h7-8,11H,2-6,9H2,1H3,(H2,13,15). The average Bonchev–Trinajstić information content (AvgIpc) is 2.33. The van der Waals surface area contributed by atoms with Crippen LogP contribution in [0, 0.1) is 0 Å². The van der Waals surface area contributed by atoms with Gasteiger partial charge in [-0.25, -0.2) is 4.98 Å². The lowest BCUT2D eigenvalue weighted by Gasteiger charge is -2.34. The smallest absolute Gasteiger partial charge is 0.141 e. The highest BCUT2D eigenvalue weighted by Crippen LogP contribution is 2.20. The molecule has 0 bridgehead atoms. The van der Waals surface area contributed by atoms with Gasteiger partial charge in [0.1, 0.15) is 5.82 Å². The van der Waals surface area contributed by atoms with E-state index in [2.05, 4.69) is 21.8 Å². The van der Waals surface area contributed by atoms with E-state index < -0.39 is 0 Å². The number of hydrogen-bond donors (Lipinski definition) is 1. The summed E-state index contributed by atoms with van der Waals surface area (Å²) in [4.78, 5) is 10.9. The number of likely N-dealkylation sites (tertiary alicyclic amines) is 1. The third kappa shape index (κ3) is 2.70. The molecule has 4 nitrogen and oxygen atoms in total. The van der Waals surface area contributed by atoms with E-state index in [-0.39, 0.29) is 0 Å². The molecule has 1 aromatic rings. The molecular formula is C12H20N4. The molecule has 2 N–H and O–H groups in total. The summed E-state index contributed by atoms with van der Waals surface area (Å²) in [7, 11) is 0. The molecule has 1 aliphatic heterocycles. The van der Waals surface area contributed by atoms with Crippen molar-refractivity contribution in [2.24, 2.45) is 0 Å². The molecule has 2 heterocycles. The molecule has 1 saturated heterocycles. The minimum absolute atomic E-state index is 0.495. The first-order valence-electron chi connectivity index (χ1n) is 6.10. The van der Waals surface area contributed by atoms with Gasteiger partial charge in [-0.1, -0.05) is 13.3 Å². The van der Waals surface area contributed by atoms with Crippen molar-refractivity contribution in [2.45, 2.75) is 45.2 Å². The van der Waals surface area contributed by atoms with E-state index in [1.54, 1.807) is 12.4 Å². The van der Waals surface area contributed by atoms with Crippen molar-refractivity contribution in [3.63, 3.8) is 0 Å². The minimum Gasteiger partial charge on any atom is -0.382 e. The predicted molar refractivity (Wildman–Crippen MR) is 64.8 cm³/mol. The Morgan fingerprint density at radius 2 is 2.25 bits per heavy atom. The van der Waals surface area contributed by atoms with Gasteiger partial charge in [0, 0.05) is 12.6 Å². The Balaban J connectivity index is 1.99. The van der Waals surface area contributed by atoms with Crippen LogP contribution in [0.4, 0.5) is 5.82 Å². The summed E-state index contributed by atoms with van der Waals surface area (Å²) < 4.78 is 0. The molecule has 4 heteroatoms. The Morgan fingerprint density at radius 3 is 2.94 bits per heavy atom. The zero-order chi connectivity index (χ0) is 11.4. The van der Waals surface area contributed by atoms with Gasteiger partial charge in [0.2, 0.25) is 0 Å². The predicted octanol–water partition coefficient (Wildman–Crippen LogP) is 1.82. The van der Waals surface area contributed by atoms with Crippen molar-refractivity contribution in [3.05, 3.63) is 18.1 Å². The van der Waals surface area contributed by atoms with E-state index in [0.29, 0.717) is 11.9 Å². The van der Waals surface area contributed by atoms with Crippen LogP contribution in [-0.2, 0) is 6.54 Å². The number of rotatable bonds is 3. The van der Waals surface area contributed by atoms with Crippen LogP contribution in [0.1, 0.15) is 38.3 Å². The molecule has 1 unspecified atom stereocenters. The monoisotopic (exact) mass is 220 g/mol. The molecule has 1 fully saturated rings. The molecule has 0 amide bonds. The van der Waals surface area contributed by atoms with Crippen molar-refractivity contribution in [3.8, 4) is 0 Å². The van der Waals surface area contributed by atoms with Crippen LogP contribution < -0.4 is 5.73 Å². The molecule has 0 radical (unpaired) electrons. The number of nitrogens with zero attached hydrogens (tertiary/aromatic N) is 3. The minimum atomic E-state index is 0.495. The van der Waals surface area contributed by atoms with E-state index in [0.717, 1.165) is 12.2 Å². The molecule has 16 heavy (non-hydrogen) atoms. The highest BCUT2D eigenvalue weighted by Gasteiger charge is 2.20. The molecule has 88 valence electrons. The fourth-order valence-corrected chi connectivity index (χ4v) is 2.38. The summed E-state index contributed by atoms with van der Waals surface area (Å²) in [6.07, 6.45) is 8.64. The fourth-order valence-electron chi connectivity index (χ4n) is 2.38. The van der Waals surface area contributed by atoms with E-state index in [4.69, 9.17) is 5.73 Å². The molecule has 0 spiro atoms. The van der Waals surface area contributed by atoms with Gasteiger partial charge in [0.25, 0.3) is 0 Å². The number of aromatic nitrogens is 2. The van der Waals surface area contributed by atoms with Crippen LogP contribution in [0.25, 0.3) is 0 Å². The van der Waals surface area contributed by atoms with Crippen LogP contribution in [0.15, 0.2) is 12.4 Å². The zero-order valence-electron chi connectivity index (χ0n) is 9.89. The second kappa shape index (κ2) is 5.25. The van der Waals surface area contributed by atoms with Crippen LogP contribution in [-0.4, -0.2) is 27.5 Å². The highest BCUT2D eigenvalue weighted by molar-refractivity contribution is 5.22. The third-order valence-corrected chi connectivity index (χ3v) is 3.31. The Hall–Kier alpha value is -1.16. The Morgan fingerprint density at radius 1 is 1.38 bits per heavy atom. The molecule has 2 rings (SSSR count). The number of nitrogen functional groups attached to an aromatic ring is 1. The Bertz CT molecular complexity index is 322. The van der Waals surface area contributed by atoms with Gasteiger partial charge in [0.15, 0.2) is 0 Å². The molecular weight excluding hydrogens is 200 g/mol. The van der Waals surface area contributed by atoms with Crippen LogP contribution in [0.3, 0.4) is 0 Å². The second-order valence-electron chi connectivity index (χ2n) is 4.46. The number of hydrogen-bond acceptors (Lipinski definition) is 4. The maximum Gasteiger partial charge on any atom is 0.141 e. The van der Waals surface area contributed by atoms with Gasteiger partial charge in [0.05, 0.1) is 18.1 Å². The summed E-state index contributed by atoms with van der Waals surface area (Å²) in [6.45, 7) is 4.36. The Kier molecular flexibility index (Phi) is 3.72. The topological polar surface area (TPSA) is 55.0 Å². The van der Waals surface area contributed by atoms with E-state index in [1.165, 1.54) is 32.2 Å². The van der Waals surface area contributed by atoms with E-state index in [9.17, 15) is 0 Å². The summed E-state index contributed by atoms with van der Waals surface area (Å²) >= 11 is 0. The quantitative estimate of drug-likeness (QED) is 0.844. The largest absolute Gasteiger partial charge is 0.382 e. The van der Waals surface area contributed by atoms with E-state index in [1.807, 2.05) is 0 Å². The Labute approximate surface area is 96.9 Å². The number of piperidine rings is 1.